The lowest BCUT2D eigenvalue weighted by Crippen LogP contribution is -2.63. The molecule has 0 spiro atoms. The average molecular weight is 1260 g/mol. The molecular weight excluding hydrogens is 1170 g/mol. The zero-order chi connectivity index (χ0) is 65.8. The van der Waals surface area contributed by atoms with Gasteiger partial charge in [0.05, 0.1) is 49.5 Å². The zero-order valence-corrected chi connectivity index (χ0v) is 54.3. The van der Waals surface area contributed by atoms with Crippen molar-refractivity contribution in [1.82, 2.24) is 24.8 Å². The second-order valence-electron chi connectivity index (χ2n) is 23.2. The number of allylic oxidation sites excluding steroid dienone is 1. The predicted octanol–water partition coefficient (Wildman–Crippen LogP) is 8.01. The summed E-state index contributed by atoms with van der Waals surface area (Å²) in [5.74, 6) is -4.91. The van der Waals surface area contributed by atoms with E-state index < -0.39 is 104 Å². The Bertz CT molecular complexity index is 3370. The number of aromatic amines is 2. The maximum atomic E-state index is 14.1. The van der Waals surface area contributed by atoms with Crippen LogP contribution in [0.5, 0.6) is 0 Å². The van der Waals surface area contributed by atoms with Gasteiger partial charge in [0.2, 0.25) is 5.91 Å². The van der Waals surface area contributed by atoms with Crippen molar-refractivity contribution in [3.05, 3.63) is 68.8 Å². The van der Waals surface area contributed by atoms with Gasteiger partial charge in [-0.3, -0.25) is 38.5 Å². The number of methoxy groups -OCH3 is 1. The van der Waals surface area contributed by atoms with E-state index in [4.69, 9.17) is 66.8 Å². The average Bonchev–Trinajstić information content (AvgIpc) is 1.53. The summed E-state index contributed by atoms with van der Waals surface area (Å²) in [5, 5.41) is 0. The van der Waals surface area contributed by atoms with E-state index in [1.54, 1.807) is 11.9 Å². The largest absolute Gasteiger partial charge is 0.465 e. The molecule has 2 saturated heterocycles. The third-order valence-corrected chi connectivity index (χ3v) is 16.5. The Morgan fingerprint density at radius 2 is 1.32 bits per heavy atom. The zero-order valence-electron chi connectivity index (χ0n) is 54.3. The molecule has 2 fully saturated rings. The van der Waals surface area contributed by atoms with Crippen LogP contribution in [0.15, 0.2) is 18.2 Å². The van der Waals surface area contributed by atoms with Crippen molar-refractivity contribution >= 4 is 80.9 Å². The van der Waals surface area contributed by atoms with Crippen molar-refractivity contribution in [2.45, 2.75) is 202 Å². The van der Waals surface area contributed by atoms with Gasteiger partial charge in [0.1, 0.15) is 25.4 Å². The fourth-order valence-corrected chi connectivity index (χ4v) is 12.1. The highest BCUT2D eigenvalue weighted by Crippen LogP contribution is 2.44. The van der Waals surface area contributed by atoms with Crippen LogP contribution in [0.3, 0.4) is 0 Å². The number of rotatable bonds is 25. The Labute approximate surface area is 523 Å². The molecule has 8 bridgehead atoms. The monoisotopic (exact) mass is 1260 g/mol. The molecule has 2 N–H and O–H groups in total. The van der Waals surface area contributed by atoms with Gasteiger partial charge >= 0.3 is 41.8 Å². The molecule has 3 aromatic rings. The fraction of sp³-hybridized carbons (Fsp3) is 0.600. The van der Waals surface area contributed by atoms with Crippen molar-refractivity contribution < 1.29 is 95.2 Å². The van der Waals surface area contributed by atoms with Crippen LogP contribution in [-0.2, 0) is 102 Å². The molecule has 0 saturated carbocycles. The molecule has 1 amide bonds. The Morgan fingerprint density at radius 1 is 0.689 bits per heavy atom. The Morgan fingerprint density at radius 3 is 1.98 bits per heavy atom. The van der Waals surface area contributed by atoms with Gasteiger partial charge in [-0.2, -0.15) is 0 Å². The van der Waals surface area contributed by atoms with E-state index in [2.05, 4.69) is 36.8 Å². The van der Waals surface area contributed by atoms with Gasteiger partial charge in [0.15, 0.2) is 30.9 Å². The molecule has 25 nitrogen and oxygen atoms in total. The van der Waals surface area contributed by atoms with E-state index in [-0.39, 0.29) is 50.6 Å². The second-order valence-corrected chi connectivity index (χ2v) is 23.2. The number of esters is 7. The number of H-pyrrole nitrogens is 2. The minimum atomic E-state index is -1.38. The maximum Gasteiger partial charge on any atom is 0.340 e. The molecule has 492 valence electrons. The maximum absolute atomic E-state index is 14.1. The molecule has 11 atom stereocenters. The van der Waals surface area contributed by atoms with E-state index in [0.29, 0.717) is 78.9 Å². The first kappa shape index (κ1) is 69.9. The first-order chi connectivity index (χ1) is 42.7. The summed E-state index contributed by atoms with van der Waals surface area (Å²) >= 11 is 0. The molecule has 7 heterocycles. The molecule has 0 aliphatic carbocycles. The summed E-state index contributed by atoms with van der Waals surface area (Å²) in [5.41, 5.74) is 11.2. The topological polar surface area (TPSA) is 308 Å². The molecule has 4 aliphatic heterocycles. The smallest absolute Gasteiger partial charge is 0.340 e. The summed E-state index contributed by atoms with van der Waals surface area (Å²) in [6, 6.07) is 6.04. The van der Waals surface area contributed by atoms with Gasteiger partial charge < -0.3 is 71.7 Å². The van der Waals surface area contributed by atoms with E-state index >= 15 is 0 Å². The lowest BCUT2D eigenvalue weighted by atomic mass is 9.85. The van der Waals surface area contributed by atoms with Crippen LogP contribution in [-0.4, -0.2) is 175 Å². The molecular formula is C65H87N5O20. The van der Waals surface area contributed by atoms with Crippen molar-refractivity contribution in [3.63, 3.8) is 0 Å². The number of fused-ring (bicyclic) bond motifs is 8. The Balaban J connectivity index is 1.16. The number of ether oxygens (including phenoxy) is 12. The van der Waals surface area contributed by atoms with Gasteiger partial charge in [0, 0.05) is 132 Å². The molecule has 4 aliphatic rings. The van der Waals surface area contributed by atoms with Crippen LogP contribution >= 0.6 is 0 Å². The summed E-state index contributed by atoms with van der Waals surface area (Å²) in [7, 11) is 3.09. The lowest BCUT2D eigenvalue weighted by molar-refractivity contribution is -0.308. The third kappa shape index (κ3) is 17.5. The summed E-state index contributed by atoms with van der Waals surface area (Å²) in [4.78, 5) is 120. The number of hydrogen-bond donors (Lipinski definition) is 2. The normalized spacial score (nSPS) is 22.7. The molecule has 90 heavy (non-hydrogen) atoms. The summed E-state index contributed by atoms with van der Waals surface area (Å²) < 4.78 is 68.9. The second kappa shape index (κ2) is 31.4. The molecule has 7 rings (SSSR count). The van der Waals surface area contributed by atoms with Gasteiger partial charge in [0.25, 0.3) is 0 Å². The Kier molecular flexibility index (Phi) is 24.4. The highest BCUT2D eigenvalue weighted by atomic mass is 16.7. The number of aromatic nitrogens is 4. The minimum absolute atomic E-state index is 0.00290. The number of carbonyl (C=O) groups is 8. The van der Waals surface area contributed by atoms with Gasteiger partial charge in [-0.1, -0.05) is 13.8 Å². The number of nitrogens with one attached hydrogen (secondary N) is 2. The van der Waals surface area contributed by atoms with Crippen LogP contribution in [0, 0.1) is 20.8 Å². The van der Waals surface area contributed by atoms with E-state index in [0.717, 1.165) is 70.8 Å². The predicted molar refractivity (Wildman–Crippen MR) is 325 cm³/mol. The molecule has 3 aromatic heterocycles. The highest BCUT2D eigenvalue weighted by molar-refractivity contribution is 6.25. The van der Waals surface area contributed by atoms with Gasteiger partial charge in [-0.25, -0.2) is 9.78 Å². The van der Waals surface area contributed by atoms with Crippen LogP contribution < -0.4 is 0 Å². The van der Waals surface area contributed by atoms with E-state index in [1.807, 2.05) is 39.8 Å². The van der Waals surface area contributed by atoms with Gasteiger partial charge in [-0.15, -0.1) is 0 Å². The quantitative estimate of drug-likeness (QED) is 0.0461. The van der Waals surface area contributed by atoms with Crippen molar-refractivity contribution in [3.8, 4) is 0 Å². The van der Waals surface area contributed by atoms with Gasteiger partial charge in [-0.05, 0) is 106 Å². The van der Waals surface area contributed by atoms with Crippen LogP contribution in [0.4, 0.5) is 0 Å². The van der Waals surface area contributed by atoms with Crippen LogP contribution in [0.1, 0.15) is 176 Å². The van der Waals surface area contributed by atoms with Crippen molar-refractivity contribution in [2.75, 3.05) is 53.7 Å². The number of aryl methyl sites for hydroxylation is 3. The molecule has 0 radical (unpaired) electrons. The lowest BCUT2D eigenvalue weighted by Gasteiger charge is -2.44. The van der Waals surface area contributed by atoms with E-state index in [9.17, 15) is 38.4 Å². The first-order valence-electron chi connectivity index (χ1n) is 30.6. The van der Waals surface area contributed by atoms with Crippen LogP contribution in [0.25, 0.3) is 33.2 Å². The minimum Gasteiger partial charge on any atom is -0.465 e. The fourth-order valence-electron chi connectivity index (χ4n) is 12.1. The molecule has 1 unspecified atom stereocenters. The Hall–Kier alpha value is -7.58. The number of hydrogen-bond acceptors (Lipinski definition) is 22. The summed E-state index contributed by atoms with van der Waals surface area (Å²) in [6.07, 6.45) is -6.08. The number of amides is 1. The van der Waals surface area contributed by atoms with Crippen LogP contribution in [0.2, 0.25) is 0 Å². The SMILES string of the molecule is CCc1c(C)c2cc3[nH]c(cc4nc(c(C)c5nc(cc1[nH]2)C(C)=C5C(=O)OC)[C@@H](CCC(=O)N(C)CCCO[C@H]1C[C@@H](OC(C)=O)C[C@@H](COC(C)=O)O1)[C@@H]4C)c(C)c3C(C)OCCCO[C@@H]1O[C@H](COC(C)=O)[C@@H](OC(C)=O)[C@H](OC(C)=O)[C@H]1OC(C)=O. The third-order valence-electron chi connectivity index (χ3n) is 16.5. The standard InChI is InChI=1S/C65H87N5O20/c1-16-46-32(2)48-29-53-57(37(7)80-23-18-24-82-65-63(88-43(13)76)62(87-42(12)75)61(86-41(11)74)54(90-65)31-84-39(9)72)34(4)50(67-53)27-49-33(3)47(59(68-49)36(6)60-58(64(78)79-15)35(5)51(69-60)28-52(46)66-48)19-20-55(77)70(14)21-17-22-81-56-26-44(85-40(10)73)25-45(89-56)30-83-38(8)71/h27-29,33,37,44-45,47,54,56,61-63,65-67H,16-26,30-31H2,1-15H3/t33-,37?,44-,45-,47-,54+,56+,61+,62-,63+,65+/m0/s1. The first-order valence-corrected chi connectivity index (χ1v) is 30.6. The summed E-state index contributed by atoms with van der Waals surface area (Å²) in [6.45, 7) is 21.6. The number of carbonyl (C=O) groups excluding carboxylic acids is 8. The van der Waals surface area contributed by atoms with Crippen molar-refractivity contribution in [2.24, 2.45) is 0 Å². The van der Waals surface area contributed by atoms with E-state index in [1.165, 1.54) is 27.9 Å². The highest BCUT2D eigenvalue weighted by Gasteiger charge is 2.53. The molecule has 0 aromatic carbocycles. The number of nitrogens with zero attached hydrogens (tertiary/aromatic N) is 3. The van der Waals surface area contributed by atoms with Crippen molar-refractivity contribution in [1.29, 1.82) is 0 Å². The molecule has 25 heteroatoms.